The lowest BCUT2D eigenvalue weighted by Gasteiger charge is -2.12. The van der Waals surface area contributed by atoms with E-state index < -0.39 is 0 Å². The molecule has 0 unspecified atom stereocenters. The van der Waals surface area contributed by atoms with Crippen LogP contribution in [0.5, 0.6) is 0 Å². The minimum atomic E-state index is 0.969. The Bertz CT molecular complexity index is 443. The third kappa shape index (κ3) is 3.46. The number of hydrogen-bond donors (Lipinski definition) is 0. The van der Waals surface area contributed by atoms with E-state index in [1.165, 1.54) is 11.3 Å². The van der Waals surface area contributed by atoms with E-state index in [1.54, 1.807) is 0 Å². The Labute approximate surface area is 103 Å². The summed E-state index contributed by atoms with van der Waals surface area (Å²) in [5.74, 6) is 0. The van der Waals surface area contributed by atoms with E-state index in [0.29, 0.717) is 0 Å². The average molecular weight is 228 g/mol. The van der Waals surface area contributed by atoms with Gasteiger partial charge in [-0.1, -0.05) is 30.3 Å². The van der Waals surface area contributed by atoms with Gasteiger partial charge in [0.25, 0.3) is 0 Å². The Morgan fingerprint density at radius 1 is 1.00 bits per heavy atom. The fourth-order valence-electron chi connectivity index (χ4n) is 1.95. The third-order valence-corrected chi connectivity index (χ3v) is 2.93. The summed E-state index contributed by atoms with van der Waals surface area (Å²) >= 11 is 0. The Morgan fingerprint density at radius 2 is 1.76 bits per heavy atom. The number of rotatable bonds is 5. The lowest BCUT2D eigenvalue weighted by atomic mass is 10.2. The zero-order valence-electron chi connectivity index (χ0n) is 10.6. The molecular weight excluding hydrogens is 208 g/mol. The monoisotopic (exact) mass is 228 g/mol. The predicted molar refractivity (Wildman–Crippen MR) is 72.2 cm³/mol. The Morgan fingerprint density at radius 3 is 2.47 bits per heavy atom. The second-order valence-corrected chi connectivity index (χ2v) is 4.67. The molecule has 0 saturated carbocycles. The fraction of sp³-hybridized carbons (Fsp3) is 0.333. The lowest BCUT2D eigenvalue weighted by molar-refractivity contribution is 0.409. The maximum Gasteiger partial charge on any atom is 0.0472 e. The number of aromatic nitrogens is 1. The first-order chi connectivity index (χ1) is 8.25. The highest BCUT2D eigenvalue weighted by Crippen LogP contribution is 2.08. The molecule has 90 valence electrons. The highest BCUT2D eigenvalue weighted by Gasteiger charge is 2.02. The molecule has 0 N–H and O–H groups in total. The third-order valence-electron chi connectivity index (χ3n) is 2.93. The maximum absolute atomic E-state index is 2.33. The van der Waals surface area contributed by atoms with Crippen LogP contribution in [0.3, 0.4) is 0 Å². The summed E-state index contributed by atoms with van der Waals surface area (Å²) in [6, 6.07) is 15.0. The molecule has 0 spiro atoms. The van der Waals surface area contributed by atoms with Gasteiger partial charge < -0.3 is 9.47 Å². The van der Waals surface area contributed by atoms with Crippen LogP contribution < -0.4 is 0 Å². The van der Waals surface area contributed by atoms with Gasteiger partial charge in [-0.25, -0.2) is 0 Å². The van der Waals surface area contributed by atoms with Crippen LogP contribution >= 0.6 is 0 Å². The van der Waals surface area contributed by atoms with Gasteiger partial charge in [0.05, 0.1) is 0 Å². The SMILES string of the molecule is CN(C)CCc1cccn1Cc1ccccc1. The van der Waals surface area contributed by atoms with Gasteiger partial charge in [0.15, 0.2) is 0 Å². The van der Waals surface area contributed by atoms with E-state index in [-0.39, 0.29) is 0 Å². The van der Waals surface area contributed by atoms with Crippen LogP contribution in [0.1, 0.15) is 11.3 Å². The van der Waals surface area contributed by atoms with Crippen molar-refractivity contribution in [2.75, 3.05) is 20.6 Å². The van der Waals surface area contributed by atoms with Crippen molar-refractivity contribution in [3.8, 4) is 0 Å². The van der Waals surface area contributed by atoms with E-state index in [9.17, 15) is 0 Å². The first kappa shape index (κ1) is 11.9. The Balaban J connectivity index is 2.04. The van der Waals surface area contributed by atoms with Crippen molar-refractivity contribution in [1.82, 2.24) is 9.47 Å². The van der Waals surface area contributed by atoms with Crippen LogP contribution in [0.4, 0.5) is 0 Å². The highest BCUT2D eigenvalue weighted by atomic mass is 15.1. The van der Waals surface area contributed by atoms with Gasteiger partial charge in [-0.2, -0.15) is 0 Å². The molecule has 2 rings (SSSR count). The molecular formula is C15H20N2. The van der Waals surface area contributed by atoms with Crippen LogP contribution in [-0.4, -0.2) is 30.1 Å². The molecule has 1 aromatic heterocycles. The van der Waals surface area contributed by atoms with Crippen molar-refractivity contribution in [3.63, 3.8) is 0 Å². The second kappa shape index (κ2) is 5.69. The lowest BCUT2D eigenvalue weighted by Crippen LogP contribution is -2.17. The predicted octanol–water partition coefficient (Wildman–Crippen LogP) is 2.64. The highest BCUT2D eigenvalue weighted by molar-refractivity contribution is 5.17. The molecule has 0 bridgehead atoms. The number of benzene rings is 1. The standard InChI is InChI=1S/C15H20N2/c1-16(2)12-10-15-9-6-11-17(15)13-14-7-4-3-5-8-14/h3-9,11H,10,12-13H2,1-2H3. The van der Waals surface area contributed by atoms with Crippen molar-refractivity contribution in [3.05, 3.63) is 59.9 Å². The van der Waals surface area contributed by atoms with Gasteiger partial charge in [-0.15, -0.1) is 0 Å². The van der Waals surface area contributed by atoms with Crippen molar-refractivity contribution < 1.29 is 0 Å². The average Bonchev–Trinajstić information content (AvgIpc) is 2.75. The number of hydrogen-bond acceptors (Lipinski definition) is 1. The van der Waals surface area contributed by atoms with E-state index in [2.05, 4.69) is 72.2 Å². The van der Waals surface area contributed by atoms with E-state index in [1.807, 2.05) is 0 Å². The molecule has 0 amide bonds. The zero-order valence-corrected chi connectivity index (χ0v) is 10.6. The van der Waals surface area contributed by atoms with Crippen LogP contribution in [0.2, 0.25) is 0 Å². The van der Waals surface area contributed by atoms with Crippen molar-refractivity contribution >= 4 is 0 Å². The molecule has 2 heteroatoms. The molecule has 0 saturated heterocycles. The molecule has 0 radical (unpaired) electrons. The Kier molecular flexibility index (Phi) is 3.99. The summed E-state index contributed by atoms with van der Waals surface area (Å²) in [5.41, 5.74) is 2.76. The quantitative estimate of drug-likeness (QED) is 0.764. The first-order valence-electron chi connectivity index (χ1n) is 6.08. The largest absolute Gasteiger partial charge is 0.347 e. The fourth-order valence-corrected chi connectivity index (χ4v) is 1.95. The summed E-state index contributed by atoms with van der Waals surface area (Å²) in [6.45, 7) is 2.06. The minimum absolute atomic E-state index is 0.969. The van der Waals surface area contributed by atoms with Crippen LogP contribution in [0.15, 0.2) is 48.7 Å². The summed E-state index contributed by atoms with van der Waals surface area (Å²) in [7, 11) is 4.23. The number of nitrogens with zero attached hydrogens (tertiary/aromatic N) is 2. The topological polar surface area (TPSA) is 8.17 Å². The van der Waals surface area contributed by atoms with Gasteiger partial charge >= 0.3 is 0 Å². The summed E-state index contributed by atoms with van der Waals surface area (Å²) in [6.07, 6.45) is 3.27. The van der Waals surface area contributed by atoms with Gasteiger partial charge in [-0.05, 0) is 31.8 Å². The number of likely N-dealkylation sites (N-methyl/N-ethyl adjacent to an activating group) is 1. The smallest absolute Gasteiger partial charge is 0.0472 e. The molecule has 0 aliphatic carbocycles. The summed E-state index contributed by atoms with van der Waals surface area (Å²) < 4.78 is 2.33. The summed E-state index contributed by atoms with van der Waals surface area (Å²) in [4.78, 5) is 2.22. The van der Waals surface area contributed by atoms with E-state index in [4.69, 9.17) is 0 Å². The minimum Gasteiger partial charge on any atom is -0.347 e. The molecule has 17 heavy (non-hydrogen) atoms. The van der Waals surface area contributed by atoms with Gasteiger partial charge in [0.2, 0.25) is 0 Å². The van der Waals surface area contributed by atoms with Crippen LogP contribution in [0.25, 0.3) is 0 Å². The molecule has 0 aliphatic rings. The van der Waals surface area contributed by atoms with Crippen LogP contribution in [0, 0.1) is 0 Å². The van der Waals surface area contributed by atoms with E-state index >= 15 is 0 Å². The Hall–Kier alpha value is -1.54. The second-order valence-electron chi connectivity index (χ2n) is 4.67. The van der Waals surface area contributed by atoms with Crippen molar-refractivity contribution in [2.45, 2.75) is 13.0 Å². The molecule has 2 nitrogen and oxygen atoms in total. The molecule has 1 heterocycles. The van der Waals surface area contributed by atoms with E-state index in [0.717, 1.165) is 19.5 Å². The maximum atomic E-state index is 2.33. The molecule has 0 atom stereocenters. The van der Waals surface area contributed by atoms with Gasteiger partial charge in [0, 0.05) is 31.4 Å². The molecule has 1 aromatic carbocycles. The van der Waals surface area contributed by atoms with Gasteiger partial charge in [-0.3, -0.25) is 0 Å². The zero-order chi connectivity index (χ0) is 12.1. The van der Waals surface area contributed by atoms with Crippen LogP contribution in [-0.2, 0) is 13.0 Å². The van der Waals surface area contributed by atoms with Crippen molar-refractivity contribution in [2.24, 2.45) is 0 Å². The molecule has 0 fully saturated rings. The molecule has 2 aromatic rings. The molecule has 0 aliphatic heterocycles. The van der Waals surface area contributed by atoms with Crippen molar-refractivity contribution in [1.29, 1.82) is 0 Å². The first-order valence-corrected chi connectivity index (χ1v) is 6.08. The normalized spacial score (nSPS) is 11.0. The summed E-state index contributed by atoms with van der Waals surface area (Å²) in [5, 5.41) is 0. The van der Waals surface area contributed by atoms with Gasteiger partial charge in [0.1, 0.15) is 0 Å².